The van der Waals surface area contributed by atoms with Crippen molar-refractivity contribution in [3.63, 3.8) is 0 Å². The Bertz CT molecular complexity index is 1040. The first-order chi connectivity index (χ1) is 13.8. The van der Waals surface area contributed by atoms with Crippen molar-refractivity contribution < 1.29 is 24.2 Å². The summed E-state index contributed by atoms with van der Waals surface area (Å²) in [5, 5.41) is 11.3. The summed E-state index contributed by atoms with van der Waals surface area (Å²) in [5.74, 6) is -1.10. The van der Waals surface area contributed by atoms with Gasteiger partial charge in [0.2, 0.25) is 0 Å². The Morgan fingerprint density at radius 1 is 1.24 bits per heavy atom. The molecule has 2 aromatic carbocycles. The molecule has 0 radical (unpaired) electrons. The van der Waals surface area contributed by atoms with Crippen molar-refractivity contribution in [2.75, 3.05) is 18.6 Å². The highest BCUT2D eigenvalue weighted by Gasteiger charge is 2.34. The standard InChI is InChI=1S/C19H13Cl2NO5S2/c1-26-15-6-10(2-5-14(15)27-9-17(23)24)7-16-18(25)22(19(28)29-16)13-4-3-11(20)8-12(13)21/h2-8H,9H2,1H3,(H,23,24)/p-1/b16-7-. The Morgan fingerprint density at radius 2 is 2.00 bits per heavy atom. The first-order valence-electron chi connectivity index (χ1n) is 8.04. The van der Waals surface area contributed by atoms with Crippen molar-refractivity contribution in [3.05, 3.63) is 56.9 Å². The van der Waals surface area contributed by atoms with Crippen molar-refractivity contribution in [1.29, 1.82) is 0 Å². The number of anilines is 1. The van der Waals surface area contributed by atoms with Crippen LogP contribution in [0, 0.1) is 0 Å². The lowest BCUT2D eigenvalue weighted by Crippen LogP contribution is -2.29. The average Bonchev–Trinajstić information content (AvgIpc) is 2.94. The SMILES string of the molecule is COc1cc(/C=C2\SC(=S)N(c3ccc(Cl)cc3Cl)C2=O)ccc1OCC(=O)[O-]. The highest BCUT2D eigenvalue weighted by molar-refractivity contribution is 8.27. The number of amides is 1. The monoisotopic (exact) mass is 468 g/mol. The molecule has 6 nitrogen and oxygen atoms in total. The molecule has 0 aromatic heterocycles. The molecule has 0 spiro atoms. The zero-order valence-corrected chi connectivity index (χ0v) is 18.0. The second-order valence-corrected chi connectivity index (χ2v) is 8.20. The van der Waals surface area contributed by atoms with Gasteiger partial charge in [0, 0.05) is 5.02 Å². The van der Waals surface area contributed by atoms with E-state index in [-0.39, 0.29) is 11.7 Å². The largest absolute Gasteiger partial charge is 0.546 e. The summed E-state index contributed by atoms with van der Waals surface area (Å²) in [6.45, 7) is -0.601. The fourth-order valence-corrected chi connectivity index (χ4v) is 4.30. The quantitative estimate of drug-likeness (QED) is 0.473. The average molecular weight is 469 g/mol. The van der Waals surface area contributed by atoms with Gasteiger partial charge in [-0.25, -0.2) is 0 Å². The lowest BCUT2D eigenvalue weighted by molar-refractivity contribution is -0.307. The fourth-order valence-electron chi connectivity index (χ4n) is 2.52. The molecular formula is C19H12Cl2NO5S2-. The van der Waals surface area contributed by atoms with Gasteiger partial charge < -0.3 is 19.4 Å². The van der Waals surface area contributed by atoms with E-state index in [0.717, 1.165) is 11.8 Å². The predicted octanol–water partition coefficient (Wildman–Crippen LogP) is 3.54. The van der Waals surface area contributed by atoms with Crippen LogP contribution in [0.1, 0.15) is 5.56 Å². The Morgan fingerprint density at radius 3 is 2.66 bits per heavy atom. The number of thiocarbonyl (C=S) groups is 1. The van der Waals surface area contributed by atoms with Gasteiger partial charge in [0.05, 0.1) is 28.7 Å². The Hall–Kier alpha value is -2.26. The van der Waals surface area contributed by atoms with E-state index in [4.69, 9.17) is 44.9 Å². The number of carboxylic acid groups (broad SMARTS) is 1. The summed E-state index contributed by atoms with van der Waals surface area (Å²) in [6, 6.07) is 9.62. The number of ether oxygens (including phenoxy) is 2. The van der Waals surface area contributed by atoms with Crippen molar-refractivity contribution in [1.82, 2.24) is 0 Å². The van der Waals surface area contributed by atoms with Crippen LogP contribution in [0.2, 0.25) is 10.0 Å². The van der Waals surface area contributed by atoms with Crippen LogP contribution < -0.4 is 19.5 Å². The maximum atomic E-state index is 12.9. The maximum absolute atomic E-state index is 12.9. The molecule has 2 aromatic rings. The molecule has 150 valence electrons. The summed E-state index contributed by atoms with van der Waals surface area (Å²) < 4.78 is 10.7. The number of hydrogen-bond acceptors (Lipinski definition) is 7. The van der Waals surface area contributed by atoms with Crippen molar-refractivity contribution in [2.24, 2.45) is 0 Å². The number of halogens is 2. The summed E-state index contributed by atoms with van der Waals surface area (Å²) >= 11 is 18.6. The number of carboxylic acids is 1. The van der Waals surface area contributed by atoms with E-state index in [1.807, 2.05) is 0 Å². The predicted molar refractivity (Wildman–Crippen MR) is 116 cm³/mol. The number of nitrogens with zero attached hydrogens (tertiary/aromatic N) is 1. The van der Waals surface area contributed by atoms with E-state index in [1.165, 1.54) is 18.1 Å². The third-order valence-electron chi connectivity index (χ3n) is 3.78. The number of aliphatic carboxylic acids is 1. The van der Waals surface area contributed by atoms with Gasteiger partial charge in [-0.15, -0.1) is 0 Å². The van der Waals surface area contributed by atoms with Gasteiger partial charge >= 0.3 is 0 Å². The summed E-state index contributed by atoms with van der Waals surface area (Å²) in [4.78, 5) is 25.2. The van der Waals surface area contributed by atoms with Crippen LogP contribution in [-0.4, -0.2) is 29.9 Å². The van der Waals surface area contributed by atoms with Gasteiger partial charge in [0.1, 0.15) is 6.61 Å². The number of methoxy groups -OCH3 is 1. The molecule has 10 heteroatoms. The van der Waals surface area contributed by atoms with Crippen LogP contribution >= 0.6 is 47.2 Å². The number of benzene rings is 2. The van der Waals surface area contributed by atoms with E-state index in [2.05, 4.69) is 0 Å². The number of carbonyl (C=O) groups excluding carboxylic acids is 2. The maximum Gasteiger partial charge on any atom is 0.270 e. The highest BCUT2D eigenvalue weighted by Crippen LogP contribution is 2.40. The van der Waals surface area contributed by atoms with Crippen molar-refractivity contribution >= 4 is 75.1 Å². The molecule has 1 saturated heterocycles. The van der Waals surface area contributed by atoms with Crippen LogP contribution in [0.3, 0.4) is 0 Å². The first kappa shape index (κ1) is 21.4. The van der Waals surface area contributed by atoms with Crippen LogP contribution in [0.15, 0.2) is 41.3 Å². The Balaban J connectivity index is 1.88. The summed E-state index contributed by atoms with van der Waals surface area (Å²) in [5.41, 5.74) is 1.09. The van der Waals surface area contributed by atoms with Gasteiger partial charge in [0.25, 0.3) is 5.91 Å². The van der Waals surface area contributed by atoms with Gasteiger partial charge in [-0.05, 0) is 42.0 Å². The Labute approximate surface area is 186 Å². The van der Waals surface area contributed by atoms with E-state index in [9.17, 15) is 14.7 Å². The van der Waals surface area contributed by atoms with E-state index in [1.54, 1.807) is 36.4 Å². The van der Waals surface area contributed by atoms with Gasteiger partial charge in [-0.1, -0.05) is 53.2 Å². The molecule has 29 heavy (non-hydrogen) atoms. The van der Waals surface area contributed by atoms with Crippen LogP contribution in [0.4, 0.5) is 5.69 Å². The van der Waals surface area contributed by atoms with E-state index >= 15 is 0 Å². The van der Waals surface area contributed by atoms with E-state index < -0.39 is 12.6 Å². The first-order valence-corrected chi connectivity index (χ1v) is 10.0. The van der Waals surface area contributed by atoms with Gasteiger partial charge in [-0.3, -0.25) is 9.69 Å². The molecule has 0 atom stereocenters. The van der Waals surface area contributed by atoms with Crippen LogP contribution in [0.5, 0.6) is 11.5 Å². The lowest BCUT2D eigenvalue weighted by atomic mass is 10.2. The molecule has 1 heterocycles. The smallest absolute Gasteiger partial charge is 0.270 e. The molecule has 0 saturated carbocycles. The topological polar surface area (TPSA) is 78.9 Å². The van der Waals surface area contributed by atoms with Crippen molar-refractivity contribution in [2.45, 2.75) is 0 Å². The number of hydrogen-bond donors (Lipinski definition) is 0. The third-order valence-corrected chi connectivity index (χ3v) is 5.62. The molecule has 0 N–H and O–H groups in total. The number of rotatable bonds is 6. The second kappa shape index (κ2) is 9.04. The molecule has 3 rings (SSSR count). The summed E-state index contributed by atoms with van der Waals surface area (Å²) in [6.07, 6.45) is 1.65. The molecule has 1 amide bonds. The second-order valence-electron chi connectivity index (χ2n) is 5.68. The Kier molecular flexibility index (Phi) is 6.69. The molecule has 1 aliphatic rings. The molecule has 1 aliphatic heterocycles. The number of thioether (sulfide) groups is 1. The fraction of sp³-hybridized carbons (Fsp3) is 0.105. The minimum atomic E-state index is -1.35. The molecule has 0 bridgehead atoms. The normalized spacial score (nSPS) is 15.1. The van der Waals surface area contributed by atoms with Gasteiger partial charge in [-0.2, -0.15) is 0 Å². The summed E-state index contributed by atoms with van der Waals surface area (Å²) in [7, 11) is 1.42. The third kappa shape index (κ3) is 4.84. The molecule has 0 aliphatic carbocycles. The molecule has 0 unspecified atom stereocenters. The molecular weight excluding hydrogens is 457 g/mol. The zero-order chi connectivity index (χ0) is 21.1. The van der Waals surface area contributed by atoms with Gasteiger partial charge in [0.15, 0.2) is 15.8 Å². The zero-order valence-electron chi connectivity index (χ0n) is 14.8. The minimum absolute atomic E-state index is 0.245. The van der Waals surface area contributed by atoms with Crippen molar-refractivity contribution in [3.8, 4) is 11.5 Å². The number of carbonyl (C=O) groups is 2. The highest BCUT2D eigenvalue weighted by atomic mass is 35.5. The lowest BCUT2D eigenvalue weighted by Gasteiger charge is -2.16. The molecule has 1 fully saturated rings. The van der Waals surface area contributed by atoms with Crippen LogP contribution in [0.25, 0.3) is 6.08 Å². The minimum Gasteiger partial charge on any atom is -0.546 e. The van der Waals surface area contributed by atoms with E-state index in [0.29, 0.717) is 36.3 Å². The van der Waals surface area contributed by atoms with Crippen LogP contribution in [-0.2, 0) is 9.59 Å².